The van der Waals surface area contributed by atoms with Gasteiger partial charge in [-0.2, -0.15) is 0 Å². The first kappa shape index (κ1) is 33.7. The molecule has 0 radical (unpaired) electrons. The van der Waals surface area contributed by atoms with Gasteiger partial charge in [0.1, 0.15) is 0 Å². The predicted octanol–water partition coefficient (Wildman–Crippen LogP) is 4.21. The van der Waals surface area contributed by atoms with Crippen molar-refractivity contribution in [1.29, 1.82) is 0 Å². The standard InChI is InChI=1S/C25H56NO3Si.BrH/c1-7-13-14-15-16-17-18-19-20-26(11-5,12-6)21-25-30(27-22-8-2,28-23-9-3)29-24-10-4;/h7-25H2,1-6H3;1H/q+1;/p-1. The largest absolute Gasteiger partial charge is 1.00 e. The van der Waals surface area contributed by atoms with Gasteiger partial charge in [0.15, 0.2) is 0 Å². The monoisotopic (exact) mass is 525 g/mol. The summed E-state index contributed by atoms with van der Waals surface area (Å²) in [4.78, 5) is 0. The summed E-state index contributed by atoms with van der Waals surface area (Å²) in [6, 6.07) is 0.950. The lowest BCUT2D eigenvalue weighted by Gasteiger charge is -2.39. The zero-order chi connectivity index (χ0) is 22.6. The van der Waals surface area contributed by atoms with Gasteiger partial charge in [-0.1, -0.05) is 66.2 Å². The van der Waals surface area contributed by atoms with Crippen LogP contribution in [0, 0.1) is 0 Å². The van der Waals surface area contributed by atoms with Crippen LogP contribution in [-0.2, 0) is 13.3 Å². The first-order chi connectivity index (χ1) is 14.6. The van der Waals surface area contributed by atoms with Gasteiger partial charge < -0.3 is 34.7 Å². The van der Waals surface area contributed by atoms with E-state index in [1.807, 2.05) is 0 Å². The molecule has 0 aliphatic rings. The Balaban J connectivity index is 0. The van der Waals surface area contributed by atoms with E-state index < -0.39 is 8.80 Å². The Morgan fingerprint density at radius 2 is 0.935 bits per heavy atom. The van der Waals surface area contributed by atoms with Crippen LogP contribution in [0.3, 0.4) is 0 Å². The third-order valence-electron chi connectivity index (χ3n) is 6.30. The van der Waals surface area contributed by atoms with E-state index in [2.05, 4.69) is 41.5 Å². The third kappa shape index (κ3) is 15.9. The van der Waals surface area contributed by atoms with Gasteiger partial charge in [0.2, 0.25) is 0 Å². The highest BCUT2D eigenvalue weighted by molar-refractivity contribution is 6.60. The van der Waals surface area contributed by atoms with Crippen LogP contribution in [0.1, 0.15) is 112 Å². The van der Waals surface area contributed by atoms with Crippen LogP contribution in [0.4, 0.5) is 0 Å². The molecule has 0 aromatic rings. The quantitative estimate of drug-likeness (QED) is 0.113. The van der Waals surface area contributed by atoms with Crippen LogP contribution in [0.25, 0.3) is 0 Å². The van der Waals surface area contributed by atoms with Crippen molar-refractivity contribution < 1.29 is 34.7 Å². The highest BCUT2D eigenvalue weighted by Gasteiger charge is 2.43. The molecule has 6 heteroatoms. The first-order valence-electron chi connectivity index (χ1n) is 13.3. The Hall–Kier alpha value is 0.537. The lowest BCUT2D eigenvalue weighted by molar-refractivity contribution is -0.923. The molecule has 0 fully saturated rings. The van der Waals surface area contributed by atoms with E-state index in [-0.39, 0.29) is 17.0 Å². The van der Waals surface area contributed by atoms with Crippen LogP contribution in [0.5, 0.6) is 0 Å². The van der Waals surface area contributed by atoms with Gasteiger partial charge in [-0.15, -0.1) is 0 Å². The molecule has 0 aromatic carbocycles. The molecule has 0 atom stereocenters. The number of halogens is 1. The first-order valence-corrected chi connectivity index (χ1v) is 15.3. The molecule has 0 heterocycles. The van der Waals surface area contributed by atoms with Gasteiger partial charge in [-0.3, -0.25) is 0 Å². The summed E-state index contributed by atoms with van der Waals surface area (Å²) in [6.07, 6.45) is 14.1. The zero-order valence-electron chi connectivity index (χ0n) is 22.0. The molecule has 0 saturated heterocycles. The molecule has 0 bridgehead atoms. The van der Waals surface area contributed by atoms with Crippen LogP contribution >= 0.6 is 0 Å². The van der Waals surface area contributed by atoms with E-state index >= 15 is 0 Å². The molecule has 190 valence electrons. The zero-order valence-corrected chi connectivity index (χ0v) is 24.6. The van der Waals surface area contributed by atoms with Crippen molar-refractivity contribution in [2.24, 2.45) is 0 Å². The van der Waals surface area contributed by atoms with Gasteiger partial charge in [-0.25, -0.2) is 0 Å². The molecule has 0 spiro atoms. The summed E-state index contributed by atoms with van der Waals surface area (Å²) in [7, 11) is -2.59. The predicted molar refractivity (Wildman–Crippen MR) is 133 cm³/mol. The van der Waals surface area contributed by atoms with Crippen molar-refractivity contribution in [3.8, 4) is 0 Å². The Kier molecular flexibility index (Phi) is 24.3. The smallest absolute Gasteiger partial charge is 0.506 e. The molecule has 0 saturated carbocycles. The number of rotatable bonds is 23. The van der Waals surface area contributed by atoms with E-state index in [1.165, 1.54) is 75.5 Å². The number of unbranched alkanes of at least 4 members (excludes halogenated alkanes) is 7. The second kappa shape index (κ2) is 22.3. The second-order valence-electron chi connectivity index (χ2n) is 8.87. The Labute approximate surface area is 207 Å². The summed E-state index contributed by atoms with van der Waals surface area (Å²) in [6.45, 7) is 20.5. The topological polar surface area (TPSA) is 27.7 Å². The van der Waals surface area contributed by atoms with Crippen molar-refractivity contribution in [1.82, 2.24) is 0 Å². The van der Waals surface area contributed by atoms with Gasteiger partial charge in [0.25, 0.3) is 0 Å². The maximum absolute atomic E-state index is 6.34. The second-order valence-corrected chi connectivity index (χ2v) is 11.6. The lowest BCUT2D eigenvalue weighted by Crippen LogP contribution is -3.00. The van der Waals surface area contributed by atoms with Crippen LogP contribution in [0.2, 0.25) is 6.04 Å². The molecule has 0 amide bonds. The maximum atomic E-state index is 6.34. The van der Waals surface area contributed by atoms with Gasteiger partial charge >= 0.3 is 8.80 Å². The molecular weight excluding hydrogens is 470 g/mol. The molecule has 31 heavy (non-hydrogen) atoms. The van der Waals surface area contributed by atoms with Crippen molar-refractivity contribution >= 4 is 8.80 Å². The number of nitrogens with zero attached hydrogens (tertiary/aromatic N) is 1. The average molecular weight is 527 g/mol. The number of hydrogen-bond acceptors (Lipinski definition) is 3. The fourth-order valence-electron chi connectivity index (χ4n) is 4.04. The minimum atomic E-state index is -2.59. The van der Waals surface area contributed by atoms with E-state index in [4.69, 9.17) is 13.3 Å². The van der Waals surface area contributed by atoms with Gasteiger partial charge in [0, 0.05) is 19.8 Å². The summed E-state index contributed by atoms with van der Waals surface area (Å²) >= 11 is 0. The van der Waals surface area contributed by atoms with E-state index in [0.717, 1.165) is 51.7 Å². The molecule has 0 aliphatic carbocycles. The van der Waals surface area contributed by atoms with E-state index in [0.29, 0.717) is 0 Å². The van der Waals surface area contributed by atoms with Gasteiger partial charge in [0.05, 0.1) is 32.2 Å². The van der Waals surface area contributed by atoms with Gasteiger partial charge in [-0.05, 0) is 46.0 Å². The van der Waals surface area contributed by atoms with Crippen molar-refractivity contribution in [3.05, 3.63) is 0 Å². The summed E-state index contributed by atoms with van der Waals surface area (Å²) in [5.41, 5.74) is 0. The van der Waals surface area contributed by atoms with Crippen LogP contribution in [-0.4, -0.2) is 59.3 Å². The average Bonchev–Trinajstić information content (AvgIpc) is 2.78. The Morgan fingerprint density at radius 3 is 1.32 bits per heavy atom. The molecule has 0 aromatic heterocycles. The van der Waals surface area contributed by atoms with Crippen molar-refractivity contribution in [2.75, 3.05) is 46.0 Å². The highest BCUT2D eigenvalue weighted by atomic mass is 79.9. The summed E-state index contributed by atoms with van der Waals surface area (Å²) < 4.78 is 20.2. The third-order valence-corrected chi connectivity index (χ3v) is 9.07. The minimum absolute atomic E-state index is 0. The number of hydrogen-bond donors (Lipinski definition) is 0. The molecule has 0 N–H and O–H groups in total. The molecule has 4 nitrogen and oxygen atoms in total. The van der Waals surface area contributed by atoms with Crippen LogP contribution < -0.4 is 17.0 Å². The SMILES string of the molecule is CCCCCCCCCC[N+](CC)(CC)CC[Si](OCCC)(OCCC)OCCC.[Br-]. The van der Waals surface area contributed by atoms with E-state index in [1.54, 1.807) is 0 Å². The molecule has 0 unspecified atom stereocenters. The Morgan fingerprint density at radius 1 is 0.516 bits per heavy atom. The lowest BCUT2D eigenvalue weighted by atomic mass is 10.1. The van der Waals surface area contributed by atoms with Crippen molar-refractivity contribution in [2.45, 2.75) is 118 Å². The molecule has 0 rings (SSSR count). The summed E-state index contributed by atoms with van der Waals surface area (Å²) in [5.74, 6) is 0. The fourth-order valence-corrected chi connectivity index (χ4v) is 7.01. The Bertz CT molecular complexity index is 349. The fraction of sp³-hybridized carbons (Fsp3) is 1.00. The summed E-state index contributed by atoms with van der Waals surface area (Å²) in [5, 5.41) is 0. The molecule has 0 aliphatic heterocycles. The number of quaternary nitrogens is 1. The highest BCUT2D eigenvalue weighted by Crippen LogP contribution is 2.22. The minimum Gasteiger partial charge on any atom is -1.00 e. The maximum Gasteiger partial charge on any atom is 0.506 e. The normalized spacial score (nSPS) is 12.2. The van der Waals surface area contributed by atoms with Crippen LogP contribution in [0.15, 0.2) is 0 Å². The molecular formula is C25H56BrNO3Si. The van der Waals surface area contributed by atoms with E-state index in [9.17, 15) is 0 Å². The van der Waals surface area contributed by atoms with Crippen molar-refractivity contribution in [3.63, 3.8) is 0 Å².